The monoisotopic (exact) mass is 315 g/mol. The molecule has 0 saturated heterocycles. The number of nitrogens with zero attached hydrogens (tertiary/aromatic N) is 1. The van der Waals surface area contributed by atoms with Crippen LogP contribution in [-0.2, 0) is 6.54 Å². The molecule has 0 aliphatic carbocycles. The standard InChI is InChI=1S/C17H14FNO4/c1-22-11-7-12-15(14(8-11)23-2)17(21)19(16(12)20)9-10-5-3-4-6-13(10)18/h3-8H,9H2,1-2H3. The zero-order valence-corrected chi connectivity index (χ0v) is 12.6. The highest BCUT2D eigenvalue weighted by atomic mass is 19.1. The molecule has 1 aliphatic rings. The molecule has 0 unspecified atom stereocenters. The summed E-state index contributed by atoms with van der Waals surface area (Å²) in [6, 6.07) is 9.05. The van der Waals surface area contributed by atoms with Crippen LogP contribution in [0.4, 0.5) is 4.39 Å². The number of imide groups is 1. The van der Waals surface area contributed by atoms with Crippen molar-refractivity contribution < 1.29 is 23.5 Å². The van der Waals surface area contributed by atoms with Crippen molar-refractivity contribution in [3.05, 3.63) is 58.9 Å². The van der Waals surface area contributed by atoms with Gasteiger partial charge in [-0.2, -0.15) is 0 Å². The maximum absolute atomic E-state index is 13.8. The van der Waals surface area contributed by atoms with E-state index in [0.717, 1.165) is 4.90 Å². The van der Waals surface area contributed by atoms with Crippen LogP contribution in [0.1, 0.15) is 26.3 Å². The average molecular weight is 315 g/mol. The van der Waals surface area contributed by atoms with Gasteiger partial charge < -0.3 is 9.47 Å². The maximum Gasteiger partial charge on any atom is 0.265 e. The minimum atomic E-state index is -0.507. The number of hydrogen-bond donors (Lipinski definition) is 0. The molecule has 1 heterocycles. The molecule has 0 spiro atoms. The molecule has 2 aromatic rings. The van der Waals surface area contributed by atoms with Crippen molar-refractivity contribution in [3.8, 4) is 11.5 Å². The molecule has 0 fully saturated rings. The third-order valence-electron chi connectivity index (χ3n) is 3.75. The molecule has 5 nitrogen and oxygen atoms in total. The number of carbonyl (C=O) groups excluding carboxylic acids is 2. The van der Waals surface area contributed by atoms with Crippen molar-refractivity contribution >= 4 is 11.8 Å². The quantitative estimate of drug-likeness (QED) is 0.814. The van der Waals surface area contributed by atoms with E-state index in [4.69, 9.17) is 9.47 Å². The fourth-order valence-corrected chi connectivity index (χ4v) is 2.57. The maximum atomic E-state index is 13.8. The van der Waals surface area contributed by atoms with Gasteiger partial charge >= 0.3 is 0 Å². The number of ether oxygens (including phenoxy) is 2. The van der Waals surface area contributed by atoms with Gasteiger partial charge in [0.15, 0.2) is 0 Å². The Morgan fingerprint density at radius 3 is 2.43 bits per heavy atom. The van der Waals surface area contributed by atoms with E-state index in [2.05, 4.69) is 0 Å². The Bertz CT molecular complexity index is 803. The number of carbonyl (C=O) groups is 2. The van der Waals surface area contributed by atoms with E-state index >= 15 is 0 Å². The second-order valence-corrected chi connectivity index (χ2v) is 5.04. The van der Waals surface area contributed by atoms with Crippen LogP contribution in [0.25, 0.3) is 0 Å². The Hall–Kier alpha value is -2.89. The van der Waals surface area contributed by atoms with Crippen LogP contribution in [0.2, 0.25) is 0 Å². The van der Waals surface area contributed by atoms with E-state index in [1.165, 1.54) is 38.5 Å². The molecule has 0 bridgehead atoms. The van der Waals surface area contributed by atoms with Crippen molar-refractivity contribution in [2.75, 3.05) is 14.2 Å². The van der Waals surface area contributed by atoms with Gasteiger partial charge in [0.05, 0.1) is 31.9 Å². The lowest BCUT2D eigenvalue weighted by Gasteiger charge is -2.14. The van der Waals surface area contributed by atoms with Crippen LogP contribution in [0.3, 0.4) is 0 Å². The topological polar surface area (TPSA) is 55.8 Å². The van der Waals surface area contributed by atoms with Crippen molar-refractivity contribution in [1.29, 1.82) is 0 Å². The molecule has 0 aromatic heterocycles. The SMILES string of the molecule is COc1cc(OC)c2c(c1)C(=O)N(Cc1ccccc1F)C2=O. The lowest BCUT2D eigenvalue weighted by molar-refractivity contribution is 0.0640. The first-order chi connectivity index (χ1) is 11.1. The van der Waals surface area contributed by atoms with Gasteiger partial charge in [0.2, 0.25) is 0 Å². The summed E-state index contributed by atoms with van der Waals surface area (Å²) in [7, 11) is 2.87. The van der Waals surface area contributed by atoms with Crippen LogP contribution in [0.15, 0.2) is 36.4 Å². The van der Waals surface area contributed by atoms with Crippen LogP contribution in [0.5, 0.6) is 11.5 Å². The highest BCUT2D eigenvalue weighted by Crippen LogP contribution is 2.35. The number of hydrogen-bond acceptors (Lipinski definition) is 4. The van der Waals surface area contributed by atoms with Crippen molar-refractivity contribution in [1.82, 2.24) is 4.90 Å². The first kappa shape index (κ1) is 15.0. The molecular weight excluding hydrogens is 301 g/mol. The van der Waals surface area contributed by atoms with E-state index in [1.807, 2.05) is 0 Å². The number of methoxy groups -OCH3 is 2. The van der Waals surface area contributed by atoms with Gasteiger partial charge in [0.1, 0.15) is 17.3 Å². The molecule has 118 valence electrons. The zero-order valence-electron chi connectivity index (χ0n) is 12.6. The number of benzene rings is 2. The van der Waals surface area contributed by atoms with Crippen molar-refractivity contribution in [2.45, 2.75) is 6.54 Å². The average Bonchev–Trinajstić information content (AvgIpc) is 2.81. The summed E-state index contributed by atoms with van der Waals surface area (Å²) < 4.78 is 24.1. The Morgan fingerprint density at radius 1 is 1.04 bits per heavy atom. The van der Waals surface area contributed by atoms with E-state index in [0.29, 0.717) is 5.75 Å². The van der Waals surface area contributed by atoms with Gasteiger partial charge in [-0.1, -0.05) is 18.2 Å². The summed E-state index contributed by atoms with van der Waals surface area (Å²) in [5.74, 6) is -0.796. The fraction of sp³-hybridized carbons (Fsp3) is 0.176. The first-order valence-electron chi connectivity index (χ1n) is 6.92. The predicted octanol–water partition coefficient (Wildman–Crippen LogP) is 2.64. The number of halogens is 1. The molecule has 23 heavy (non-hydrogen) atoms. The smallest absolute Gasteiger partial charge is 0.265 e. The van der Waals surface area contributed by atoms with Crippen LogP contribution in [-0.4, -0.2) is 30.9 Å². The Kier molecular flexibility index (Phi) is 3.73. The number of amides is 2. The van der Waals surface area contributed by atoms with Crippen molar-refractivity contribution in [2.24, 2.45) is 0 Å². The Labute approximate surface area is 132 Å². The van der Waals surface area contributed by atoms with E-state index in [1.54, 1.807) is 12.1 Å². The highest BCUT2D eigenvalue weighted by Gasteiger charge is 2.39. The van der Waals surface area contributed by atoms with Gasteiger partial charge in [-0.25, -0.2) is 4.39 Å². The molecule has 6 heteroatoms. The minimum absolute atomic E-state index is 0.134. The molecule has 1 aliphatic heterocycles. The molecule has 0 radical (unpaired) electrons. The minimum Gasteiger partial charge on any atom is -0.497 e. The Morgan fingerprint density at radius 2 is 1.78 bits per heavy atom. The van der Waals surface area contributed by atoms with Crippen LogP contribution < -0.4 is 9.47 Å². The summed E-state index contributed by atoms with van der Waals surface area (Å²) >= 11 is 0. The molecule has 3 rings (SSSR count). The second-order valence-electron chi connectivity index (χ2n) is 5.04. The van der Waals surface area contributed by atoms with Gasteiger partial charge in [0.25, 0.3) is 11.8 Å². The highest BCUT2D eigenvalue weighted by molar-refractivity contribution is 6.22. The van der Waals surface area contributed by atoms with Crippen LogP contribution >= 0.6 is 0 Å². The number of rotatable bonds is 4. The molecule has 0 atom stereocenters. The van der Waals surface area contributed by atoms with Gasteiger partial charge in [0, 0.05) is 11.6 Å². The summed E-state index contributed by atoms with van der Waals surface area (Å²) in [5, 5.41) is 0. The third-order valence-corrected chi connectivity index (χ3v) is 3.75. The fourth-order valence-electron chi connectivity index (χ4n) is 2.57. The summed E-state index contributed by atoms with van der Waals surface area (Å²) in [6.07, 6.45) is 0. The molecule has 0 N–H and O–H groups in total. The lowest BCUT2D eigenvalue weighted by Crippen LogP contribution is -2.29. The largest absolute Gasteiger partial charge is 0.497 e. The lowest BCUT2D eigenvalue weighted by atomic mass is 10.1. The normalized spacial score (nSPS) is 13.3. The first-order valence-corrected chi connectivity index (χ1v) is 6.92. The predicted molar refractivity (Wildman–Crippen MR) is 80.2 cm³/mol. The van der Waals surface area contributed by atoms with E-state index in [9.17, 15) is 14.0 Å². The second kappa shape index (κ2) is 5.72. The third kappa shape index (κ3) is 2.42. The molecule has 0 saturated carbocycles. The summed E-state index contributed by atoms with van der Waals surface area (Å²) in [6.45, 7) is -0.134. The van der Waals surface area contributed by atoms with Gasteiger partial charge in [-0.3, -0.25) is 14.5 Å². The van der Waals surface area contributed by atoms with E-state index < -0.39 is 17.6 Å². The number of fused-ring (bicyclic) bond motifs is 1. The molecule has 2 aromatic carbocycles. The molecule has 2 amide bonds. The van der Waals surface area contributed by atoms with Gasteiger partial charge in [-0.05, 0) is 12.1 Å². The van der Waals surface area contributed by atoms with Gasteiger partial charge in [-0.15, -0.1) is 0 Å². The van der Waals surface area contributed by atoms with E-state index in [-0.39, 0.29) is 29.0 Å². The van der Waals surface area contributed by atoms with Crippen molar-refractivity contribution in [3.63, 3.8) is 0 Å². The summed E-state index contributed by atoms with van der Waals surface area (Å²) in [4.78, 5) is 26.1. The zero-order chi connectivity index (χ0) is 16.6. The van der Waals surface area contributed by atoms with Crippen LogP contribution in [0, 0.1) is 5.82 Å². The Balaban J connectivity index is 2.02. The molecular formula is C17H14FNO4. The summed E-state index contributed by atoms with van der Waals surface area (Å²) in [5.41, 5.74) is 0.644.